The molecule has 0 atom stereocenters. The number of pyridine rings is 1. The fourth-order valence-electron chi connectivity index (χ4n) is 2.13. The molecule has 0 amide bonds. The van der Waals surface area contributed by atoms with E-state index in [0.29, 0.717) is 5.75 Å². The van der Waals surface area contributed by atoms with E-state index in [9.17, 15) is 13.2 Å². The molecule has 0 bridgehead atoms. The molecule has 3 aromatic rings. The van der Waals surface area contributed by atoms with E-state index in [1.54, 1.807) is 18.2 Å². The third kappa shape index (κ3) is 4.02. The zero-order valence-corrected chi connectivity index (χ0v) is 13.7. The van der Waals surface area contributed by atoms with Crippen LogP contribution in [0.3, 0.4) is 0 Å². The quantitative estimate of drug-likeness (QED) is 0.230. The van der Waals surface area contributed by atoms with Gasteiger partial charge >= 0.3 is 16.1 Å². The Morgan fingerprint density at radius 3 is 2.52 bits per heavy atom. The van der Waals surface area contributed by atoms with Crippen LogP contribution in [0.4, 0.5) is 0 Å². The van der Waals surface area contributed by atoms with E-state index in [4.69, 9.17) is 4.74 Å². The first-order valence-electron chi connectivity index (χ1n) is 7.27. The Labute approximate surface area is 144 Å². The van der Waals surface area contributed by atoms with Gasteiger partial charge in [0.15, 0.2) is 5.03 Å². The summed E-state index contributed by atoms with van der Waals surface area (Å²) < 4.78 is 33.6. The smallest absolute Gasteiger partial charge is 0.356 e. The number of benzene rings is 2. The third-order valence-electron chi connectivity index (χ3n) is 3.24. The van der Waals surface area contributed by atoms with Crippen molar-refractivity contribution in [1.29, 1.82) is 0 Å². The van der Waals surface area contributed by atoms with Gasteiger partial charge in [-0.2, -0.15) is 8.42 Å². The molecule has 0 radical (unpaired) electrons. The van der Waals surface area contributed by atoms with E-state index in [1.807, 2.05) is 30.3 Å². The number of esters is 1. The van der Waals surface area contributed by atoms with Crippen molar-refractivity contribution in [2.45, 2.75) is 5.03 Å². The van der Waals surface area contributed by atoms with Crippen molar-refractivity contribution >= 4 is 26.9 Å². The van der Waals surface area contributed by atoms with Gasteiger partial charge in [0.1, 0.15) is 12.0 Å². The third-order valence-corrected chi connectivity index (χ3v) is 4.36. The predicted molar refractivity (Wildman–Crippen MR) is 91.2 cm³/mol. The van der Waals surface area contributed by atoms with E-state index in [-0.39, 0.29) is 5.03 Å². The van der Waals surface area contributed by atoms with Crippen LogP contribution in [-0.2, 0) is 19.1 Å². The number of ether oxygens (including phenoxy) is 1. The molecule has 0 unspecified atom stereocenters. The molecule has 126 valence electrons. The summed E-state index contributed by atoms with van der Waals surface area (Å²) in [6, 6.07) is 17.1. The fourth-order valence-corrected chi connectivity index (χ4v) is 2.86. The zero-order valence-electron chi connectivity index (χ0n) is 12.9. The summed E-state index contributed by atoms with van der Waals surface area (Å²) in [5.74, 6) is -0.382. The van der Waals surface area contributed by atoms with Crippen LogP contribution in [-0.4, -0.2) is 19.4 Å². The van der Waals surface area contributed by atoms with Gasteiger partial charge in [0, 0.05) is 11.6 Å². The topological polar surface area (TPSA) is 82.6 Å². The van der Waals surface area contributed by atoms with Crippen LogP contribution in [0.1, 0.15) is 0 Å². The van der Waals surface area contributed by atoms with Gasteiger partial charge in [-0.25, -0.2) is 9.78 Å². The second-order valence-electron chi connectivity index (χ2n) is 4.92. The second-order valence-corrected chi connectivity index (χ2v) is 6.44. The molecule has 0 fully saturated rings. The van der Waals surface area contributed by atoms with Gasteiger partial charge in [-0.3, -0.25) is 0 Å². The van der Waals surface area contributed by atoms with Gasteiger partial charge in [0.05, 0.1) is 6.08 Å². The molecule has 0 spiro atoms. The first-order chi connectivity index (χ1) is 12.1. The number of carbonyl (C=O) groups excluding carboxylic acids is 1. The van der Waals surface area contributed by atoms with E-state index >= 15 is 0 Å². The maximum atomic E-state index is 11.9. The molecule has 6 nitrogen and oxygen atoms in total. The highest BCUT2D eigenvalue weighted by molar-refractivity contribution is 7.86. The van der Waals surface area contributed by atoms with Crippen LogP contribution in [0.15, 0.2) is 84.2 Å². The first-order valence-corrected chi connectivity index (χ1v) is 8.67. The summed E-state index contributed by atoms with van der Waals surface area (Å²) in [6.45, 7) is 0. The Hall–Kier alpha value is -3.19. The Balaban J connectivity index is 1.69. The lowest BCUT2D eigenvalue weighted by Crippen LogP contribution is -2.07. The lowest BCUT2D eigenvalue weighted by atomic mass is 10.1. The summed E-state index contributed by atoms with van der Waals surface area (Å²) >= 11 is 0. The van der Waals surface area contributed by atoms with Crippen molar-refractivity contribution in [3.05, 3.63) is 79.2 Å². The van der Waals surface area contributed by atoms with Gasteiger partial charge in [-0.05, 0) is 23.6 Å². The van der Waals surface area contributed by atoms with Crippen LogP contribution in [0.5, 0.6) is 5.75 Å². The summed E-state index contributed by atoms with van der Waals surface area (Å²) in [6.07, 6.45) is 2.98. The Morgan fingerprint density at radius 1 is 0.960 bits per heavy atom. The molecule has 1 heterocycles. The molecule has 7 heteroatoms. The van der Waals surface area contributed by atoms with E-state index in [1.165, 1.54) is 18.3 Å². The van der Waals surface area contributed by atoms with Crippen LogP contribution in [0.25, 0.3) is 10.8 Å². The van der Waals surface area contributed by atoms with Gasteiger partial charge in [-0.15, -0.1) is 0 Å². The number of nitrogens with zero attached hydrogens (tertiary/aromatic N) is 1. The Kier molecular flexibility index (Phi) is 4.76. The van der Waals surface area contributed by atoms with Crippen LogP contribution >= 0.6 is 0 Å². The molecule has 3 rings (SSSR count). The Morgan fingerprint density at radius 2 is 1.72 bits per heavy atom. The van der Waals surface area contributed by atoms with Gasteiger partial charge in [0.25, 0.3) is 0 Å². The predicted octanol–water partition coefficient (Wildman–Crippen LogP) is 3.06. The van der Waals surface area contributed by atoms with E-state index < -0.39 is 16.1 Å². The highest BCUT2D eigenvalue weighted by Crippen LogP contribution is 2.25. The number of hydrogen-bond donors (Lipinski definition) is 0. The van der Waals surface area contributed by atoms with Gasteiger partial charge in [-0.1, -0.05) is 42.5 Å². The zero-order chi connectivity index (χ0) is 17.7. The van der Waals surface area contributed by atoms with Crippen LogP contribution in [0, 0.1) is 0 Å². The van der Waals surface area contributed by atoms with Crippen LogP contribution < -0.4 is 4.74 Å². The number of hydrogen-bond acceptors (Lipinski definition) is 6. The summed E-state index contributed by atoms with van der Waals surface area (Å²) in [5, 5.41) is 1.45. The maximum absolute atomic E-state index is 11.9. The molecule has 0 saturated heterocycles. The molecule has 0 aliphatic heterocycles. The highest BCUT2D eigenvalue weighted by atomic mass is 32.2. The number of rotatable bonds is 5. The molecule has 0 aliphatic rings. The van der Waals surface area contributed by atoms with Crippen molar-refractivity contribution in [2.24, 2.45) is 0 Å². The van der Waals surface area contributed by atoms with Crippen molar-refractivity contribution in [1.82, 2.24) is 4.98 Å². The van der Waals surface area contributed by atoms with Gasteiger partial charge in [0.2, 0.25) is 0 Å². The highest BCUT2D eigenvalue weighted by Gasteiger charge is 2.15. The summed E-state index contributed by atoms with van der Waals surface area (Å²) in [4.78, 5) is 15.6. The molecular formula is C18H13NO5S. The van der Waals surface area contributed by atoms with E-state index in [2.05, 4.69) is 9.17 Å². The lowest BCUT2D eigenvalue weighted by molar-refractivity contribution is -0.128. The average molecular weight is 355 g/mol. The lowest BCUT2D eigenvalue weighted by Gasteiger charge is -2.05. The summed E-state index contributed by atoms with van der Waals surface area (Å²) in [5.41, 5.74) is 0. The standard InChI is InChI=1S/C18H13NO5S/c20-18(11-13-23-25(21,22)17-10-3-4-12-19-17)24-16-9-5-7-14-6-1-2-8-15(14)16/h1-13H. The minimum atomic E-state index is -4.07. The summed E-state index contributed by atoms with van der Waals surface area (Å²) in [7, 11) is -4.07. The molecule has 0 aliphatic carbocycles. The molecule has 25 heavy (non-hydrogen) atoms. The van der Waals surface area contributed by atoms with Crippen molar-refractivity contribution in [3.8, 4) is 5.75 Å². The minimum absolute atomic E-state index is 0.248. The first kappa shape index (κ1) is 16.7. The van der Waals surface area contributed by atoms with Gasteiger partial charge < -0.3 is 8.92 Å². The van der Waals surface area contributed by atoms with Crippen molar-refractivity contribution in [3.63, 3.8) is 0 Å². The van der Waals surface area contributed by atoms with Crippen LogP contribution in [0.2, 0.25) is 0 Å². The fraction of sp³-hybridized carbons (Fsp3) is 0. The number of carbonyl (C=O) groups is 1. The second kappa shape index (κ2) is 7.14. The number of aromatic nitrogens is 1. The van der Waals surface area contributed by atoms with Crippen molar-refractivity contribution in [2.75, 3.05) is 0 Å². The Bertz CT molecular complexity index is 1020. The molecular weight excluding hydrogens is 342 g/mol. The SMILES string of the molecule is O=C(C=COS(=O)(=O)c1ccccn1)Oc1cccc2ccccc12. The maximum Gasteiger partial charge on any atom is 0.356 e. The molecule has 2 aromatic carbocycles. The number of fused-ring (bicyclic) bond motifs is 1. The average Bonchev–Trinajstić information content (AvgIpc) is 2.63. The molecule has 0 N–H and O–H groups in total. The molecule has 1 aromatic heterocycles. The van der Waals surface area contributed by atoms with E-state index in [0.717, 1.165) is 23.1 Å². The largest absolute Gasteiger partial charge is 0.423 e. The minimum Gasteiger partial charge on any atom is -0.423 e. The normalized spacial score (nSPS) is 11.5. The van der Waals surface area contributed by atoms with Crippen molar-refractivity contribution < 1.29 is 22.1 Å². The molecule has 0 saturated carbocycles. The monoisotopic (exact) mass is 355 g/mol.